The summed E-state index contributed by atoms with van der Waals surface area (Å²) in [6.07, 6.45) is 0.130. The zero-order chi connectivity index (χ0) is 24.7. The average Bonchev–Trinajstić information content (AvgIpc) is 3.34. The first kappa shape index (κ1) is 24.5. The van der Waals surface area contributed by atoms with Crippen molar-refractivity contribution in [2.45, 2.75) is 13.0 Å². The van der Waals surface area contributed by atoms with E-state index in [2.05, 4.69) is 5.32 Å². The Morgan fingerprint density at radius 1 is 1.00 bits per heavy atom. The molecule has 0 atom stereocenters. The van der Waals surface area contributed by atoms with Gasteiger partial charge in [-0.25, -0.2) is 4.79 Å². The standard InChI is InChI=1S/C23H22N2O8S/c1-30-19-7-6-15(25(28)29)9-14(19)13-33-23(27)17-11-20(31-2)21(32-3)12-18(17)24-22(26)10-16-5-4-8-34-16/h4-9,11-12H,10,13H2,1-3H3,(H,24,26). The molecule has 1 aromatic heterocycles. The van der Waals surface area contributed by atoms with Gasteiger partial charge >= 0.3 is 5.97 Å². The Kier molecular flexibility index (Phi) is 8.04. The number of nitro benzene ring substituents is 1. The number of nitro groups is 1. The van der Waals surface area contributed by atoms with Crippen LogP contribution < -0.4 is 19.5 Å². The fourth-order valence-electron chi connectivity index (χ4n) is 3.13. The van der Waals surface area contributed by atoms with E-state index in [0.29, 0.717) is 17.1 Å². The Bertz CT molecular complexity index is 1190. The number of carbonyl (C=O) groups excluding carboxylic acids is 2. The van der Waals surface area contributed by atoms with Crippen LogP contribution in [0, 0.1) is 10.1 Å². The van der Waals surface area contributed by atoms with Crippen LogP contribution in [0.15, 0.2) is 47.8 Å². The summed E-state index contributed by atoms with van der Waals surface area (Å²) in [7, 11) is 4.25. The van der Waals surface area contributed by atoms with Gasteiger partial charge in [0, 0.05) is 34.7 Å². The first-order valence-electron chi connectivity index (χ1n) is 9.93. The summed E-state index contributed by atoms with van der Waals surface area (Å²) in [4.78, 5) is 36.9. The van der Waals surface area contributed by atoms with Crippen molar-refractivity contribution in [2.75, 3.05) is 26.6 Å². The van der Waals surface area contributed by atoms with Crippen molar-refractivity contribution >= 4 is 34.6 Å². The number of methoxy groups -OCH3 is 3. The van der Waals surface area contributed by atoms with Crippen LogP contribution in [-0.4, -0.2) is 38.1 Å². The van der Waals surface area contributed by atoms with Gasteiger partial charge in [-0.15, -0.1) is 11.3 Å². The van der Waals surface area contributed by atoms with Crippen molar-refractivity contribution in [2.24, 2.45) is 0 Å². The van der Waals surface area contributed by atoms with E-state index >= 15 is 0 Å². The van der Waals surface area contributed by atoms with Gasteiger partial charge in [-0.2, -0.15) is 0 Å². The Balaban J connectivity index is 1.86. The zero-order valence-corrected chi connectivity index (χ0v) is 19.5. The molecule has 1 heterocycles. The molecule has 178 valence electrons. The summed E-state index contributed by atoms with van der Waals surface area (Å²) in [6, 6.07) is 10.5. The topological polar surface area (TPSA) is 126 Å². The molecule has 0 aliphatic carbocycles. The highest BCUT2D eigenvalue weighted by Gasteiger charge is 2.21. The number of esters is 1. The Labute approximate surface area is 199 Å². The minimum Gasteiger partial charge on any atom is -0.496 e. The van der Waals surface area contributed by atoms with Crippen molar-refractivity contribution in [1.29, 1.82) is 0 Å². The number of nitrogens with zero attached hydrogens (tertiary/aromatic N) is 1. The van der Waals surface area contributed by atoms with Crippen LogP contribution in [-0.2, 0) is 22.6 Å². The zero-order valence-electron chi connectivity index (χ0n) is 18.7. The second kappa shape index (κ2) is 11.1. The average molecular weight is 487 g/mol. The first-order valence-corrected chi connectivity index (χ1v) is 10.8. The Morgan fingerprint density at radius 3 is 2.32 bits per heavy atom. The molecule has 0 spiro atoms. The van der Waals surface area contributed by atoms with Crippen LogP contribution in [0.5, 0.6) is 17.2 Å². The monoisotopic (exact) mass is 486 g/mol. The number of non-ortho nitro benzene ring substituents is 1. The number of ether oxygens (including phenoxy) is 4. The van der Waals surface area contributed by atoms with Gasteiger partial charge in [-0.05, 0) is 17.5 Å². The van der Waals surface area contributed by atoms with Crippen LogP contribution in [0.25, 0.3) is 0 Å². The van der Waals surface area contributed by atoms with E-state index in [4.69, 9.17) is 18.9 Å². The molecule has 0 unspecified atom stereocenters. The highest BCUT2D eigenvalue weighted by molar-refractivity contribution is 7.10. The molecule has 0 saturated heterocycles. The minimum absolute atomic E-state index is 0.0292. The highest BCUT2D eigenvalue weighted by atomic mass is 32.1. The van der Waals surface area contributed by atoms with E-state index in [1.807, 2.05) is 17.5 Å². The molecule has 0 aliphatic heterocycles. The molecule has 1 amide bonds. The van der Waals surface area contributed by atoms with Gasteiger partial charge in [0.2, 0.25) is 5.91 Å². The van der Waals surface area contributed by atoms with Gasteiger partial charge in [0.1, 0.15) is 12.4 Å². The van der Waals surface area contributed by atoms with Crippen LogP contribution in [0.3, 0.4) is 0 Å². The van der Waals surface area contributed by atoms with Crippen molar-refractivity contribution in [3.8, 4) is 17.2 Å². The molecule has 0 aliphatic rings. The number of carbonyl (C=O) groups is 2. The summed E-state index contributed by atoms with van der Waals surface area (Å²) < 4.78 is 21.2. The fraction of sp³-hybridized carbons (Fsp3) is 0.217. The number of anilines is 1. The van der Waals surface area contributed by atoms with Crippen molar-refractivity contribution < 1.29 is 33.5 Å². The molecule has 3 rings (SSSR count). The second-order valence-electron chi connectivity index (χ2n) is 6.89. The van der Waals surface area contributed by atoms with Gasteiger partial charge in [0.15, 0.2) is 11.5 Å². The van der Waals surface area contributed by atoms with Crippen LogP contribution >= 0.6 is 11.3 Å². The summed E-state index contributed by atoms with van der Waals surface area (Å²) in [5.41, 5.74) is 0.352. The molecule has 1 N–H and O–H groups in total. The summed E-state index contributed by atoms with van der Waals surface area (Å²) >= 11 is 1.44. The third-order valence-corrected chi connectivity index (χ3v) is 5.64. The smallest absolute Gasteiger partial charge is 0.340 e. The predicted octanol–water partition coefficient (Wildman–Crippen LogP) is 4.22. The number of benzene rings is 2. The quantitative estimate of drug-likeness (QED) is 0.256. The highest BCUT2D eigenvalue weighted by Crippen LogP contribution is 2.34. The maximum absolute atomic E-state index is 13.0. The summed E-state index contributed by atoms with van der Waals surface area (Å²) in [6.45, 7) is -0.291. The number of hydrogen-bond acceptors (Lipinski definition) is 9. The summed E-state index contributed by atoms with van der Waals surface area (Å²) in [5, 5.41) is 15.7. The van der Waals surface area contributed by atoms with Gasteiger partial charge in [0.25, 0.3) is 5.69 Å². The lowest BCUT2D eigenvalue weighted by Crippen LogP contribution is -2.17. The SMILES string of the molecule is COc1ccc([N+](=O)[O-])cc1COC(=O)c1cc(OC)c(OC)cc1NC(=O)Cc1cccs1. The van der Waals surface area contributed by atoms with E-state index in [1.54, 1.807) is 0 Å². The van der Waals surface area contributed by atoms with Gasteiger partial charge < -0.3 is 24.3 Å². The second-order valence-corrected chi connectivity index (χ2v) is 7.92. The molecule has 0 fully saturated rings. The van der Waals surface area contributed by atoms with E-state index in [9.17, 15) is 19.7 Å². The summed E-state index contributed by atoms with van der Waals surface area (Å²) in [5.74, 6) is -0.204. The lowest BCUT2D eigenvalue weighted by Gasteiger charge is -2.16. The maximum Gasteiger partial charge on any atom is 0.340 e. The Morgan fingerprint density at radius 2 is 1.71 bits per heavy atom. The minimum atomic E-state index is -0.777. The molecule has 11 heteroatoms. The van der Waals surface area contributed by atoms with Gasteiger partial charge in [0.05, 0.1) is 43.9 Å². The molecular weight excluding hydrogens is 464 g/mol. The predicted molar refractivity (Wildman–Crippen MR) is 125 cm³/mol. The third-order valence-electron chi connectivity index (χ3n) is 4.77. The van der Waals surface area contributed by atoms with Crippen LogP contribution in [0.2, 0.25) is 0 Å². The molecule has 34 heavy (non-hydrogen) atoms. The van der Waals surface area contributed by atoms with Gasteiger partial charge in [-0.1, -0.05) is 6.07 Å². The third kappa shape index (κ3) is 5.81. The number of thiophene rings is 1. The largest absolute Gasteiger partial charge is 0.496 e. The van der Waals surface area contributed by atoms with E-state index < -0.39 is 10.9 Å². The van der Waals surface area contributed by atoms with E-state index in [-0.39, 0.29) is 41.6 Å². The Hall–Kier alpha value is -4.12. The number of amides is 1. The molecule has 10 nitrogen and oxygen atoms in total. The van der Waals surface area contributed by atoms with Crippen LogP contribution in [0.1, 0.15) is 20.8 Å². The van der Waals surface area contributed by atoms with E-state index in [1.165, 1.54) is 63.0 Å². The molecular formula is C23H22N2O8S. The molecule has 3 aromatic rings. The lowest BCUT2D eigenvalue weighted by molar-refractivity contribution is -0.385. The van der Waals surface area contributed by atoms with Crippen molar-refractivity contribution in [3.63, 3.8) is 0 Å². The fourth-order valence-corrected chi connectivity index (χ4v) is 3.83. The number of rotatable bonds is 10. The number of hydrogen-bond donors (Lipinski definition) is 1. The lowest BCUT2D eigenvalue weighted by atomic mass is 10.1. The molecule has 2 aromatic carbocycles. The van der Waals surface area contributed by atoms with Gasteiger partial charge in [-0.3, -0.25) is 14.9 Å². The van der Waals surface area contributed by atoms with Crippen molar-refractivity contribution in [3.05, 3.63) is 74.0 Å². The maximum atomic E-state index is 13.0. The first-order chi connectivity index (χ1) is 16.4. The normalized spacial score (nSPS) is 10.3. The molecule has 0 saturated carbocycles. The molecule has 0 bridgehead atoms. The molecule has 0 radical (unpaired) electrons. The van der Waals surface area contributed by atoms with Crippen LogP contribution in [0.4, 0.5) is 11.4 Å². The van der Waals surface area contributed by atoms with Crippen molar-refractivity contribution in [1.82, 2.24) is 0 Å². The number of nitrogens with one attached hydrogen (secondary N) is 1. The van der Waals surface area contributed by atoms with E-state index in [0.717, 1.165) is 4.88 Å².